The molecule has 1 aliphatic rings. The van der Waals surface area contributed by atoms with Gasteiger partial charge in [0.15, 0.2) is 0 Å². The largest absolute Gasteiger partial charge is 0.342 e. The van der Waals surface area contributed by atoms with Crippen LogP contribution in [-0.4, -0.2) is 43.4 Å². The third-order valence-electron chi connectivity index (χ3n) is 4.46. The Morgan fingerprint density at radius 1 is 1.36 bits per heavy atom. The summed E-state index contributed by atoms with van der Waals surface area (Å²) in [6.45, 7) is 1.30. The highest BCUT2D eigenvalue weighted by Gasteiger charge is 2.20. The molecule has 130 valence electrons. The maximum atomic E-state index is 12.0. The van der Waals surface area contributed by atoms with Gasteiger partial charge in [0.05, 0.1) is 23.6 Å². The molecule has 1 atom stereocenters. The molecule has 2 amide bonds. The van der Waals surface area contributed by atoms with Gasteiger partial charge in [-0.2, -0.15) is 5.10 Å². The molecule has 1 aliphatic heterocycles. The second kappa shape index (κ2) is 6.92. The zero-order chi connectivity index (χ0) is 17.1. The Morgan fingerprint density at radius 3 is 3.20 bits per heavy atom. The Bertz CT molecular complexity index is 836. The minimum Gasteiger partial charge on any atom is -0.342 e. The third-order valence-corrected chi connectivity index (χ3v) is 4.46. The molecule has 0 radical (unpaired) electrons. The topological polar surface area (TPSA) is 101 Å². The maximum absolute atomic E-state index is 12.0. The first-order valence-corrected chi connectivity index (χ1v) is 8.62. The van der Waals surface area contributed by atoms with Gasteiger partial charge in [0, 0.05) is 19.4 Å². The lowest BCUT2D eigenvalue weighted by atomic mass is 10.1. The summed E-state index contributed by atoms with van der Waals surface area (Å²) in [7, 11) is 0. The number of imidazole rings is 1. The summed E-state index contributed by atoms with van der Waals surface area (Å²) in [6, 6.07) is 7.95. The van der Waals surface area contributed by atoms with Gasteiger partial charge in [-0.3, -0.25) is 0 Å². The van der Waals surface area contributed by atoms with E-state index in [1.165, 1.54) is 0 Å². The van der Waals surface area contributed by atoms with Crippen LogP contribution in [0, 0.1) is 0 Å². The lowest BCUT2D eigenvalue weighted by molar-refractivity contribution is 0.231. The molecule has 0 saturated heterocycles. The lowest BCUT2D eigenvalue weighted by Gasteiger charge is -2.23. The van der Waals surface area contributed by atoms with Crippen LogP contribution in [0.3, 0.4) is 0 Å². The van der Waals surface area contributed by atoms with Crippen LogP contribution < -0.4 is 10.6 Å². The van der Waals surface area contributed by atoms with E-state index in [1.807, 2.05) is 28.9 Å². The van der Waals surface area contributed by atoms with E-state index in [4.69, 9.17) is 0 Å². The normalized spacial score (nSPS) is 16.6. The van der Waals surface area contributed by atoms with Crippen molar-refractivity contribution in [3.8, 4) is 0 Å². The van der Waals surface area contributed by atoms with Crippen LogP contribution in [0.1, 0.15) is 24.5 Å². The van der Waals surface area contributed by atoms with E-state index in [9.17, 15) is 4.79 Å². The van der Waals surface area contributed by atoms with Gasteiger partial charge in [-0.05, 0) is 25.0 Å². The number of nitrogens with one attached hydrogen (secondary N) is 3. The predicted octanol–water partition coefficient (Wildman–Crippen LogP) is 1.40. The standard InChI is InChI=1S/C17H21N7O/c25-17(21-12-7-8-16-19-11-20-24(16)10-12)18-9-3-6-15-22-13-4-1-2-5-14(13)23-15/h1-2,4-5,11-12H,3,6-10H2,(H,22,23)(H2,18,21,25). The van der Waals surface area contributed by atoms with Gasteiger partial charge in [0.25, 0.3) is 0 Å². The number of carbonyl (C=O) groups is 1. The van der Waals surface area contributed by atoms with Crippen molar-refractivity contribution in [2.45, 2.75) is 38.3 Å². The van der Waals surface area contributed by atoms with E-state index >= 15 is 0 Å². The zero-order valence-electron chi connectivity index (χ0n) is 13.9. The molecular weight excluding hydrogens is 318 g/mol. The number of aromatic amines is 1. The second-order valence-electron chi connectivity index (χ2n) is 6.30. The van der Waals surface area contributed by atoms with Gasteiger partial charge in [-0.15, -0.1) is 0 Å². The smallest absolute Gasteiger partial charge is 0.315 e. The predicted molar refractivity (Wildman–Crippen MR) is 93.1 cm³/mol. The van der Waals surface area contributed by atoms with E-state index in [0.717, 1.165) is 48.4 Å². The van der Waals surface area contributed by atoms with Crippen molar-refractivity contribution in [2.24, 2.45) is 0 Å². The minimum atomic E-state index is -0.127. The number of hydrogen-bond donors (Lipinski definition) is 3. The Kier molecular flexibility index (Phi) is 4.32. The first kappa shape index (κ1) is 15.6. The lowest BCUT2D eigenvalue weighted by Crippen LogP contribution is -2.46. The van der Waals surface area contributed by atoms with Gasteiger partial charge < -0.3 is 15.6 Å². The van der Waals surface area contributed by atoms with E-state index in [0.29, 0.717) is 13.1 Å². The number of aryl methyl sites for hydroxylation is 2. The number of hydrogen-bond acceptors (Lipinski definition) is 4. The molecule has 0 aliphatic carbocycles. The summed E-state index contributed by atoms with van der Waals surface area (Å²) in [5.41, 5.74) is 2.03. The molecule has 3 heterocycles. The second-order valence-corrected chi connectivity index (χ2v) is 6.30. The quantitative estimate of drug-likeness (QED) is 0.612. The Labute approximate surface area is 145 Å². The average Bonchev–Trinajstić information content (AvgIpc) is 3.24. The molecule has 0 fully saturated rings. The van der Waals surface area contributed by atoms with Gasteiger partial charge in [-0.1, -0.05) is 12.1 Å². The molecule has 3 N–H and O–H groups in total. The summed E-state index contributed by atoms with van der Waals surface area (Å²) in [4.78, 5) is 24.1. The first-order chi connectivity index (χ1) is 12.3. The number of carbonyl (C=O) groups excluding carboxylic acids is 1. The summed E-state index contributed by atoms with van der Waals surface area (Å²) in [6.07, 6.45) is 4.95. The molecule has 0 bridgehead atoms. The molecule has 1 unspecified atom stereocenters. The zero-order valence-corrected chi connectivity index (χ0v) is 13.9. The molecule has 0 spiro atoms. The van der Waals surface area contributed by atoms with Gasteiger partial charge >= 0.3 is 6.03 Å². The average molecular weight is 339 g/mol. The van der Waals surface area contributed by atoms with Crippen LogP contribution >= 0.6 is 0 Å². The molecule has 25 heavy (non-hydrogen) atoms. The van der Waals surface area contributed by atoms with Crippen molar-refractivity contribution in [2.75, 3.05) is 6.54 Å². The number of H-pyrrole nitrogens is 1. The maximum Gasteiger partial charge on any atom is 0.315 e. The SMILES string of the molecule is O=C(NCCCc1nc2ccccc2[nH]1)NC1CCc2ncnn2C1. The van der Waals surface area contributed by atoms with Crippen molar-refractivity contribution in [3.05, 3.63) is 42.2 Å². The van der Waals surface area contributed by atoms with Crippen molar-refractivity contribution >= 4 is 17.1 Å². The number of amides is 2. The number of urea groups is 1. The van der Waals surface area contributed by atoms with Crippen molar-refractivity contribution in [1.29, 1.82) is 0 Å². The highest BCUT2D eigenvalue weighted by atomic mass is 16.2. The van der Waals surface area contributed by atoms with Crippen LogP contribution in [0.5, 0.6) is 0 Å². The van der Waals surface area contributed by atoms with E-state index in [1.54, 1.807) is 6.33 Å². The number of rotatable bonds is 5. The van der Waals surface area contributed by atoms with Crippen molar-refractivity contribution in [1.82, 2.24) is 35.4 Å². The van der Waals surface area contributed by atoms with Gasteiger partial charge in [-0.25, -0.2) is 19.4 Å². The number of fused-ring (bicyclic) bond motifs is 2. The Hall–Kier alpha value is -2.90. The Balaban J connectivity index is 1.19. The molecule has 3 aromatic rings. The fourth-order valence-corrected chi connectivity index (χ4v) is 3.17. The summed E-state index contributed by atoms with van der Waals surface area (Å²) >= 11 is 0. The Morgan fingerprint density at radius 2 is 2.28 bits per heavy atom. The van der Waals surface area contributed by atoms with E-state index in [2.05, 4.69) is 30.7 Å². The number of para-hydroxylation sites is 2. The monoisotopic (exact) mass is 339 g/mol. The van der Waals surface area contributed by atoms with E-state index in [-0.39, 0.29) is 12.1 Å². The highest BCUT2D eigenvalue weighted by Crippen LogP contribution is 2.12. The van der Waals surface area contributed by atoms with E-state index < -0.39 is 0 Å². The molecule has 4 rings (SSSR count). The number of aromatic nitrogens is 5. The minimum absolute atomic E-state index is 0.101. The summed E-state index contributed by atoms with van der Waals surface area (Å²) < 4.78 is 1.86. The molecule has 0 saturated carbocycles. The fourth-order valence-electron chi connectivity index (χ4n) is 3.17. The fraction of sp³-hybridized carbons (Fsp3) is 0.412. The van der Waals surface area contributed by atoms with Gasteiger partial charge in [0.2, 0.25) is 0 Å². The van der Waals surface area contributed by atoms with Crippen LogP contribution in [0.2, 0.25) is 0 Å². The van der Waals surface area contributed by atoms with Crippen LogP contribution in [-0.2, 0) is 19.4 Å². The summed E-state index contributed by atoms with van der Waals surface area (Å²) in [5.74, 6) is 1.94. The van der Waals surface area contributed by atoms with Crippen LogP contribution in [0.15, 0.2) is 30.6 Å². The molecule has 2 aromatic heterocycles. The molecule has 8 heteroatoms. The number of nitrogens with zero attached hydrogens (tertiary/aromatic N) is 4. The van der Waals surface area contributed by atoms with Crippen LogP contribution in [0.25, 0.3) is 11.0 Å². The number of benzene rings is 1. The van der Waals surface area contributed by atoms with Crippen LogP contribution in [0.4, 0.5) is 4.79 Å². The summed E-state index contributed by atoms with van der Waals surface area (Å²) in [5, 5.41) is 10.1. The molecule has 1 aromatic carbocycles. The first-order valence-electron chi connectivity index (χ1n) is 8.62. The highest BCUT2D eigenvalue weighted by molar-refractivity contribution is 5.75. The molecule has 8 nitrogen and oxygen atoms in total. The molecular formula is C17H21N7O. The van der Waals surface area contributed by atoms with Crippen molar-refractivity contribution in [3.63, 3.8) is 0 Å². The third kappa shape index (κ3) is 3.62. The van der Waals surface area contributed by atoms with Crippen molar-refractivity contribution < 1.29 is 4.79 Å². The van der Waals surface area contributed by atoms with Gasteiger partial charge in [0.1, 0.15) is 18.0 Å².